The zero-order chi connectivity index (χ0) is 16.1. The molecule has 0 unspecified atom stereocenters. The summed E-state index contributed by atoms with van der Waals surface area (Å²) in [7, 11) is 1.30. The molecule has 1 aliphatic carbocycles. The van der Waals surface area contributed by atoms with Crippen LogP contribution in [0, 0.1) is 5.82 Å². The third kappa shape index (κ3) is 3.77. The molecule has 0 N–H and O–H groups in total. The number of nitrogens with zero attached hydrogens (tertiary/aromatic N) is 1. The van der Waals surface area contributed by atoms with Gasteiger partial charge in [0, 0.05) is 12.6 Å². The van der Waals surface area contributed by atoms with Crippen LogP contribution in [0.15, 0.2) is 18.2 Å². The molecule has 4 nitrogen and oxygen atoms in total. The number of esters is 1. The van der Waals surface area contributed by atoms with Crippen LogP contribution in [0.2, 0.25) is 5.02 Å². The van der Waals surface area contributed by atoms with Gasteiger partial charge in [-0.1, -0.05) is 30.5 Å². The highest BCUT2D eigenvalue weighted by molar-refractivity contribution is 6.33. The smallest absolute Gasteiger partial charge is 0.307 e. The molecule has 0 saturated heterocycles. The van der Waals surface area contributed by atoms with Gasteiger partial charge >= 0.3 is 5.97 Å². The number of carbonyl (C=O) groups excluding carboxylic acids is 2. The summed E-state index contributed by atoms with van der Waals surface area (Å²) >= 11 is 5.99. The molecule has 6 heteroatoms. The van der Waals surface area contributed by atoms with Crippen molar-refractivity contribution in [2.24, 2.45) is 0 Å². The lowest BCUT2D eigenvalue weighted by Gasteiger charge is -2.29. The molecular weight excluding hydrogens is 309 g/mol. The molecule has 22 heavy (non-hydrogen) atoms. The number of benzene rings is 1. The third-order valence-electron chi connectivity index (χ3n) is 3.99. The van der Waals surface area contributed by atoms with Crippen molar-refractivity contribution in [3.05, 3.63) is 34.6 Å². The molecule has 1 fully saturated rings. The minimum atomic E-state index is -0.640. The predicted molar refractivity (Wildman–Crippen MR) is 81.3 cm³/mol. The summed E-state index contributed by atoms with van der Waals surface area (Å²) in [6.45, 7) is 0.209. The van der Waals surface area contributed by atoms with Crippen LogP contribution >= 0.6 is 11.6 Å². The zero-order valence-electron chi connectivity index (χ0n) is 12.5. The lowest BCUT2D eigenvalue weighted by Crippen LogP contribution is -2.40. The van der Waals surface area contributed by atoms with Gasteiger partial charge in [0.05, 0.1) is 24.1 Å². The first-order valence-electron chi connectivity index (χ1n) is 7.36. The fraction of sp³-hybridized carbons (Fsp3) is 0.500. The monoisotopic (exact) mass is 327 g/mol. The van der Waals surface area contributed by atoms with Gasteiger partial charge in [0.15, 0.2) is 0 Å². The van der Waals surface area contributed by atoms with Crippen LogP contribution in [0.4, 0.5) is 4.39 Å². The molecule has 2 rings (SSSR count). The summed E-state index contributed by atoms with van der Waals surface area (Å²) in [5.74, 6) is -1.49. The highest BCUT2D eigenvalue weighted by Gasteiger charge is 2.30. The first kappa shape index (κ1) is 16.7. The summed E-state index contributed by atoms with van der Waals surface area (Å²) in [5.41, 5.74) is -0.124. The minimum absolute atomic E-state index is 0.0211. The fourth-order valence-corrected chi connectivity index (χ4v) is 3.07. The van der Waals surface area contributed by atoms with Crippen molar-refractivity contribution >= 4 is 23.5 Å². The summed E-state index contributed by atoms with van der Waals surface area (Å²) in [4.78, 5) is 25.7. The summed E-state index contributed by atoms with van der Waals surface area (Å²) in [5, 5.41) is 0.0889. The third-order valence-corrected chi connectivity index (χ3v) is 4.30. The number of rotatable bonds is 5. The Labute approximate surface area is 134 Å². The Hall–Kier alpha value is -1.62. The van der Waals surface area contributed by atoms with Gasteiger partial charge in [-0.2, -0.15) is 0 Å². The Kier molecular flexibility index (Phi) is 5.77. The van der Waals surface area contributed by atoms with E-state index in [1.165, 1.54) is 25.3 Å². The van der Waals surface area contributed by atoms with Gasteiger partial charge in [-0.25, -0.2) is 4.39 Å². The zero-order valence-corrected chi connectivity index (χ0v) is 13.2. The van der Waals surface area contributed by atoms with Crippen molar-refractivity contribution in [1.29, 1.82) is 0 Å². The largest absolute Gasteiger partial charge is 0.469 e. The van der Waals surface area contributed by atoms with Crippen molar-refractivity contribution in [2.75, 3.05) is 13.7 Å². The number of methoxy groups -OCH3 is 1. The van der Waals surface area contributed by atoms with E-state index in [9.17, 15) is 14.0 Å². The van der Waals surface area contributed by atoms with E-state index in [-0.39, 0.29) is 29.6 Å². The minimum Gasteiger partial charge on any atom is -0.469 e. The second-order valence-electron chi connectivity index (χ2n) is 5.36. The lowest BCUT2D eigenvalue weighted by atomic mass is 10.1. The number of ether oxygens (including phenoxy) is 1. The van der Waals surface area contributed by atoms with E-state index in [1.807, 2.05) is 0 Å². The summed E-state index contributed by atoms with van der Waals surface area (Å²) in [6, 6.07) is 4.19. The first-order chi connectivity index (χ1) is 10.5. The van der Waals surface area contributed by atoms with Gasteiger partial charge in [-0.15, -0.1) is 0 Å². The number of hydrogen-bond acceptors (Lipinski definition) is 3. The molecule has 1 aliphatic rings. The summed E-state index contributed by atoms with van der Waals surface area (Å²) in [6.07, 6.45) is 3.86. The number of hydrogen-bond donors (Lipinski definition) is 0. The maximum absolute atomic E-state index is 14.0. The van der Waals surface area contributed by atoms with Gasteiger partial charge in [-0.05, 0) is 25.0 Å². The van der Waals surface area contributed by atoms with Crippen LogP contribution in [0.3, 0.4) is 0 Å². The van der Waals surface area contributed by atoms with Gasteiger partial charge in [0.25, 0.3) is 5.91 Å². The quantitative estimate of drug-likeness (QED) is 0.778. The second-order valence-corrected chi connectivity index (χ2v) is 5.77. The van der Waals surface area contributed by atoms with E-state index in [0.29, 0.717) is 0 Å². The molecule has 0 atom stereocenters. The molecule has 0 heterocycles. The van der Waals surface area contributed by atoms with Crippen LogP contribution in [-0.2, 0) is 9.53 Å². The van der Waals surface area contributed by atoms with E-state index in [0.717, 1.165) is 25.7 Å². The second kappa shape index (κ2) is 7.58. The number of carbonyl (C=O) groups is 2. The Bertz CT molecular complexity index is 538. The molecule has 1 aromatic rings. The van der Waals surface area contributed by atoms with Gasteiger partial charge < -0.3 is 9.64 Å². The highest BCUT2D eigenvalue weighted by Crippen LogP contribution is 2.28. The molecular formula is C16H19ClFNO3. The van der Waals surface area contributed by atoms with E-state index >= 15 is 0 Å². The van der Waals surface area contributed by atoms with Gasteiger partial charge in [-0.3, -0.25) is 9.59 Å². The Balaban J connectivity index is 2.23. The molecule has 120 valence electrons. The SMILES string of the molecule is COC(=O)CCN(C(=O)c1c(F)cccc1Cl)C1CCCC1. The topological polar surface area (TPSA) is 46.6 Å². The Morgan fingerprint density at radius 3 is 2.64 bits per heavy atom. The van der Waals surface area contributed by atoms with Crippen LogP contribution in [0.1, 0.15) is 42.5 Å². The van der Waals surface area contributed by atoms with Crippen LogP contribution in [0.25, 0.3) is 0 Å². The summed E-state index contributed by atoms with van der Waals surface area (Å²) < 4.78 is 18.6. The van der Waals surface area contributed by atoms with Crippen molar-refractivity contribution in [1.82, 2.24) is 4.90 Å². The Morgan fingerprint density at radius 2 is 2.05 bits per heavy atom. The highest BCUT2D eigenvalue weighted by atomic mass is 35.5. The average molecular weight is 328 g/mol. The molecule has 0 aromatic heterocycles. The van der Waals surface area contributed by atoms with E-state index < -0.39 is 17.7 Å². The molecule has 0 spiro atoms. The van der Waals surface area contributed by atoms with E-state index in [2.05, 4.69) is 4.74 Å². The van der Waals surface area contributed by atoms with Crippen molar-refractivity contribution in [3.8, 4) is 0 Å². The molecule has 1 amide bonds. The maximum Gasteiger partial charge on any atom is 0.307 e. The predicted octanol–water partition coefficient (Wildman–Crippen LogP) is 3.43. The molecule has 0 bridgehead atoms. The average Bonchev–Trinajstić information content (AvgIpc) is 3.01. The molecule has 0 aliphatic heterocycles. The fourth-order valence-electron chi connectivity index (χ4n) is 2.83. The number of halogens is 2. The molecule has 1 saturated carbocycles. The standard InChI is InChI=1S/C16H19ClFNO3/c1-22-14(20)9-10-19(11-5-2-3-6-11)16(21)15-12(17)7-4-8-13(15)18/h4,7-8,11H,2-3,5-6,9-10H2,1H3. The Morgan fingerprint density at radius 1 is 1.36 bits per heavy atom. The van der Waals surface area contributed by atoms with Gasteiger partial charge in [0.1, 0.15) is 5.82 Å². The van der Waals surface area contributed by atoms with Crippen molar-refractivity contribution < 1.29 is 18.7 Å². The van der Waals surface area contributed by atoms with Crippen LogP contribution in [-0.4, -0.2) is 36.5 Å². The lowest BCUT2D eigenvalue weighted by molar-refractivity contribution is -0.140. The normalized spacial score (nSPS) is 14.9. The molecule has 0 radical (unpaired) electrons. The van der Waals surface area contributed by atoms with E-state index in [4.69, 9.17) is 11.6 Å². The maximum atomic E-state index is 14.0. The van der Waals surface area contributed by atoms with E-state index in [1.54, 1.807) is 4.90 Å². The number of amides is 1. The van der Waals surface area contributed by atoms with Crippen molar-refractivity contribution in [2.45, 2.75) is 38.1 Å². The van der Waals surface area contributed by atoms with Gasteiger partial charge in [0.2, 0.25) is 0 Å². The molecule has 1 aromatic carbocycles. The first-order valence-corrected chi connectivity index (χ1v) is 7.74. The van der Waals surface area contributed by atoms with Crippen LogP contribution < -0.4 is 0 Å². The van der Waals surface area contributed by atoms with Crippen molar-refractivity contribution in [3.63, 3.8) is 0 Å². The van der Waals surface area contributed by atoms with Crippen LogP contribution in [0.5, 0.6) is 0 Å².